The third-order valence-electron chi connectivity index (χ3n) is 3.50. The second-order valence-electron chi connectivity index (χ2n) is 6.45. The zero-order chi connectivity index (χ0) is 14.9. The summed E-state index contributed by atoms with van der Waals surface area (Å²) in [5.74, 6) is -2.19. The highest BCUT2D eigenvalue weighted by Gasteiger charge is 2.27. The largest absolute Gasteiger partial charge is 0.366 e. The molecule has 2 nitrogen and oxygen atoms in total. The molecule has 0 bridgehead atoms. The smallest absolute Gasteiger partial charge is 0.152 e. The molecule has 1 aromatic carbocycles. The zero-order valence-electron chi connectivity index (χ0n) is 12.1. The Kier molecular flexibility index (Phi) is 4.28. The van der Waals surface area contributed by atoms with Crippen LogP contribution in [0.3, 0.4) is 0 Å². The van der Waals surface area contributed by atoms with Crippen LogP contribution in [0.25, 0.3) is 0 Å². The molecule has 20 heavy (non-hydrogen) atoms. The van der Waals surface area contributed by atoms with Crippen molar-refractivity contribution in [2.24, 2.45) is 5.92 Å². The van der Waals surface area contributed by atoms with Crippen LogP contribution >= 0.6 is 0 Å². The molecule has 1 saturated heterocycles. The van der Waals surface area contributed by atoms with Gasteiger partial charge in [-0.15, -0.1) is 0 Å². The minimum absolute atomic E-state index is 0.0276. The summed E-state index contributed by atoms with van der Waals surface area (Å²) >= 11 is 0. The molecule has 2 rings (SSSR count). The van der Waals surface area contributed by atoms with Gasteiger partial charge in [-0.2, -0.15) is 0 Å². The van der Waals surface area contributed by atoms with Crippen molar-refractivity contribution < 1.29 is 13.2 Å². The lowest BCUT2D eigenvalue weighted by atomic mass is 10.1. The summed E-state index contributed by atoms with van der Waals surface area (Å²) in [4.78, 5) is 1.67. The minimum atomic E-state index is -0.881. The minimum Gasteiger partial charge on any atom is -0.366 e. The van der Waals surface area contributed by atoms with Crippen molar-refractivity contribution in [1.82, 2.24) is 5.32 Å². The number of nitrogens with one attached hydrogen (secondary N) is 1. The van der Waals surface area contributed by atoms with E-state index < -0.39 is 17.5 Å². The summed E-state index contributed by atoms with van der Waals surface area (Å²) in [6.07, 6.45) is 0.874. The van der Waals surface area contributed by atoms with Crippen LogP contribution in [-0.4, -0.2) is 25.2 Å². The number of anilines is 1. The van der Waals surface area contributed by atoms with Gasteiger partial charge in [0.05, 0.1) is 0 Å². The molecule has 0 aliphatic carbocycles. The third kappa shape index (κ3) is 3.66. The maximum absolute atomic E-state index is 13.7. The predicted octanol–water partition coefficient (Wildman–Crippen LogP) is 3.32. The molecule has 5 heteroatoms. The van der Waals surface area contributed by atoms with Crippen LogP contribution in [-0.2, 0) is 0 Å². The number of nitrogens with zero attached hydrogens (tertiary/aromatic N) is 1. The monoisotopic (exact) mass is 286 g/mol. The van der Waals surface area contributed by atoms with Crippen LogP contribution in [0.15, 0.2) is 12.1 Å². The van der Waals surface area contributed by atoms with Crippen LogP contribution < -0.4 is 10.2 Å². The molecule has 1 fully saturated rings. The van der Waals surface area contributed by atoms with Gasteiger partial charge in [-0.25, -0.2) is 13.2 Å². The van der Waals surface area contributed by atoms with Crippen LogP contribution in [0.1, 0.15) is 27.2 Å². The Morgan fingerprint density at radius 2 is 1.80 bits per heavy atom. The predicted molar refractivity (Wildman–Crippen MR) is 74.4 cm³/mol. The van der Waals surface area contributed by atoms with Crippen molar-refractivity contribution >= 4 is 5.69 Å². The summed E-state index contributed by atoms with van der Waals surface area (Å²) in [5.41, 5.74) is -0.0792. The summed E-state index contributed by atoms with van der Waals surface area (Å²) in [6, 6.07) is 1.47. The van der Waals surface area contributed by atoms with Crippen molar-refractivity contribution in [2.75, 3.05) is 24.5 Å². The number of benzene rings is 1. The first-order chi connectivity index (χ1) is 9.26. The summed E-state index contributed by atoms with van der Waals surface area (Å²) in [5, 5.41) is 3.40. The van der Waals surface area contributed by atoms with Gasteiger partial charge in [0.2, 0.25) is 0 Å². The van der Waals surface area contributed by atoms with Gasteiger partial charge >= 0.3 is 0 Å². The molecule has 1 N–H and O–H groups in total. The lowest BCUT2D eigenvalue weighted by molar-refractivity contribution is 0.383. The number of halogens is 3. The van der Waals surface area contributed by atoms with E-state index in [-0.39, 0.29) is 11.2 Å². The van der Waals surface area contributed by atoms with Gasteiger partial charge < -0.3 is 10.2 Å². The molecule has 1 unspecified atom stereocenters. The fourth-order valence-corrected chi connectivity index (χ4v) is 2.49. The highest BCUT2D eigenvalue weighted by atomic mass is 19.1. The van der Waals surface area contributed by atoms with E-state index in [9.17, 15) is 13.2 Å². The van der Waals surface area contributed by atoms with Crippen LogP contribution in [0, 0.1) is 23.4 Å². The fourth-order valence-electron chi connectivity index (χ4n) is 2.49. The van der Waals surface area contributed by atoms with E-state index in [0.717, 1.165) is 25.1 Å². The van der Waals surface area contributed by atoms with E-state index in [2.05, 4.69) is 26.1 Å². The van der Waals surface area contributed by atoms with Crippen molar-refractivity contribution in [2.45, 2.75) is 32.7 Å². The van der Waals surface area contributed by atoms with Crippen LogP contribution in [0.2, 0.25) is 0 Å². The first-order valence-electron chi connectivity index (χ1n) is 6.91. The zero-order valence-corrected chi connectivity index (χ0v) is 12.1. The van der Waals surface area contributed by atoms with Gasteiger partial charge in [-0.1, -0.05) is 0 Å². The van der Waals surface area contributed by atoms with Gasteiger partial charge in [0.25, 0.3) is 0 Å². The molecular formula is C15H21F3N2. The average Bonchev–Trinajstić information content (AvgIpc) is 2.72. The Morgan fingerprint density at radius 3 is 2.35 bits per heavy atom. The van der Waals surface area contributed by atoms with Crippen molar-refractivity contribution in [1.29, 1.82) is 0 Å². The van der Waals surface area contributed by atoms with E-state index in [0.29, 0.717) is 19.0 Å². The molecule has 1 aliphatic heterocycles. The Labute approximate surface area is 118 Å². The second kappa shape index (κ2) is 5.64. The van der Waals surface area contributed by atoms with Crippen molar-refractivity contribution in [3.05, 3.63) is 29.6 Å². The SMILES string of the molecule is CC(C)(C)NCC1CCN(c2c(F)cc(F)cc2F)C1. The summed E-state index contributed by atoms with van der Waals surface area (Å²) in [7, 11) is 0. The molecule has 1 atom stereocenters. The fraction of sp³-hybridized carbons (Fsp3) is 0.600. The molecule has 0 saturated carbocycles. The molecule has 0 amide bonds. The van der Waals surface area contributed by atoms with E-state index in [1.165, 1.54) is 0 Å². The molecule has 0 radical (unpaired) electrons. The first kappa shape index (κ1) is 15.2. The highest BCUT2D eigenvalue weighted by Crippen LogP contribution is 2.29. The Balaban J connectivity index is 2.03. The van der Waals surface area contributed by atoms with Gasteiger partial charge in [0.15, 0.2) is 11.6 Å². The normalized spacial score (nSPS) is 19.7. The first-order valence-corrected chi connectivity index (χ1v) is 6.91. The molecule has 0 aromatic heterocycles. The lowest BCUT2D eigenvalue weighted by Gasteiger charge is -2.24. The van der Waals surface area contributed by atoms with E-state index >= 15 is 0 Å². The van der Waals surface area contributed by atoms with Gasteiger partial charge in [0, 0.05) is 37.3 Å². The standard InChI is InChI=1S/C15H21F3N2/c1-15(2,3)19-8-10-4-5-20(9-10)14-12(17)6-11(16)7-13(14)18/h6-7,10,19H,4-5,8-9H2,1-3H3. The van der Waals surface area contributed by atoms with Crippen LogP contribution in [0.4, 0.5) is 18.9 Å². The van der Waals surface area contributed by atoms with Crippen molar-refractivity contribution in [3.8, 4) is 0 Å². The molecule has 1 heterocycles. The van der Waals surface area contributed by atoms with Gasteiger partial charge in [0.1, 0.15) is 11.5 Å². The van der Waals surface area contributed by atoms with E-state index in [1.807, 2.05) is 0 Å². The molecule has 0 spiro atoms. The Bertz CT molecular complexity index is 459. The summed E-state index contributed by atoms with van der Waals surface area (Å²) < 4.78 is 40.4. The number of hydrogen-bond acceptors (Lipinski definition) is 2. The molecule has 112 valence electrons. The maximum Gasteiger partial charge on any atom is 0.152 e. The molecule has 1 aliphatic rings. The van der Waals surface area contributed by atoms with Crippen molar-refractivity contribution in [3.63, 3.8) is 0 Å². The Morgan fingerprint density at radius 1 is 1.20 bits per heavy atom. The lowest BCUT2D eigenvalue weighted by Crippen LogP contribution is -2.39. The van der Waals surface area contributed by atoms with Gasteiger partial charge in [-0.3, -0.25) is 0 Å². The number of rotatable bonds is 3. The Hall–Kier alpha value is -1.23. The maximum atomic E-state index is 13.7. The molecular weight excluding hydrogens is 265 g/mol. The summed E-state index contributed by atoms with van der Waals surface area (Å²) in [6.45, 7) is 8.24. The van der Waals surface area contributed by atoms with Gasteiger partial charge in [-0.05, 0) is 33.1 Å². The average molecular weight is 286 g/mol. The second-order valence-corrected chi connectivity index (χ2v) is 6.45. The number of hydrogen-bond donors (Lipinski definition) is 1. The highest BCUT2D eigenvalue weighted by molar-refractivity contribution is 5.50. The van der Waals surface area contributed by atoms with Crippen LogP contribution in [0.5, 0.6) is 0 Å². The quantitative estimate of drug-likeness (QED) is 0.917. The van der Waals surface area contributed by atoms with E-state index in [4.69, 9.17) is 0 Å². The topological polar surface area (TPSA) is 15.3 Å². The molecule has 1 aromatic rings. The van der Waals surface area contributed by atoms with E-state index in [1.54, 1.807) is 4.90 Å². The third-order valence-corrected chi connectivity index (χ3v) is 3.50.